The Bertz CT molecular complexity index is 226. The van der Waals surface area contributed by atoms with Crippen molar-refractivity contribution in [2.45, 2.75) is 6.42 Å². The predicted octanol–water partition coefficient (Wildman–Crippen LogP) is 0.371. The Morgan fingerprint density at radius 1 is 1.57 bits per heavy atom. The van der Waals surface area contributed by atoms with Crippen LogP contribution < -0.4 is 0 Å². The number of likely N-dealkylation sites (N-methyl/N-ethyl adjacent to an activating group) is 1. The molecule has 1 heterocycles. The largest absolute Gasteiger partial charge is 0.468 e. The van der Waals surface area contributed by atoms with Gasteiger partial charge in [-0.05, 0) is 12.2 Å². The highest BCUT2D eigenvalue weighted by Crippen LogP contribution is 2.24. The lowest BCUT2D eigenvalue weighted by molar-refractivity contribution is -0.147. The minimum Gasteiger partial charge on any atom is -0.468 e. The van der Waals surface area contributed by atoms with Crippen molar-refractivity contribution < 1.29 is 14.3 Å². The van der Waals surface area contributed by atoms with Crippen molar-refractivity contribution in [3.8, 4) is 0 Å². The number of esters is 1. The van der Waals surface area contributed by atoms with E-state index in [-0.39, 0.29) is 24.3 Å². The molecule has 1 fully saturated rings. The average Bonchev–Trinajstić information content (AvgIpc) is 2.69. The molecular formula is C9H15NO3S. The topological polar surface area (TPSA) is 46.6 Å². The highest BCUT2D eigenvalue weighted by atomic mass is 32.2. The summed E-state index contributed by atoms with van der Waals surface area (Å²) in [4.78, 5) is 24.1. The molecule has 0 aromatic rings. The lowest BCUT2D eigenvalue weighted by atomic mass is 10.1. The SMILES string of the molecule is COC(=O)CN(C)C(=O)C1CCSC1. The molecule has 4 nitrogen and oxygen atoms in total. The first-order valence-corrected chi connectivity index (χ1v) is 5.70. The molecule has 80 valence electrons. The molecule has 0 aromatic heterocycles. The van der Waals surface area contributed by atoms with Crippen LogP contribution in [-0.2, 0) is 14.3 Å². The van der Waals surface area contributed by atoms with Gasteiger partial charge in [0.05, 0.1) is 7.11 Å². The van der Waals surface area contributed by atoms with E-state index in [4.69, 9.17) is 0 Å². The zero-order valence-electron chi connectivity index (χ0n) is 8.49. The van der Waals surface area contributed by atoms with Crippen molar-refractivity contribution in [1.82, 2.24) is 4.90 Å². The summed E-state index contributed by atoms with van der Waals surface area (Å²) in [6.45, 7) is 0.0521. The molecule has 0 radical (unpaired) electrons. The van der Waals surface area contributed by atoms with E-state index < -0.39 is 0 Å². The van der Waals surface area contributed by atoms with E-state index in [1.54, 1.807) is 18.8 Å². The number of methoxy groups -OCH3 is 1. The van der Waals surface area contributed by atoms with E-state index in [2.05, 4.69) is 4.74 Å². The van der Waals surface area contributed by atoms with Gasteiger partial charge in [0.15, 0.2) is 0 Å². The van der Waals surface area contributed by atoms with E-state index in [1.165, 1.54) is 12.0 Å². The molecule has 0 spiro atoms. The zero-order chi connectivity index (χ0) is 10.6. The van der Waals surface area contributed by atoms with E-state index in [9.17, 15) is 9.59 Å². The van der Waals surface area contributed by atoms with Crippen molar-refractivity contribution in [1.29, 1.82) is 0 Å². The summed E-state index contributed by atoms with van der Waals surface area (Å²) in [5.41, 5.74) is 0. The van der Waals surface area contributed by atoms with Crippen molar-refractivity contribution in [2.24, 2.45) is 5.92 Å². The minimum absolute atomic E-state index is 0.0521. The smallest absolute Gasteiger partial charge is 0.325 e. The van der Waals surface area contributed by atoms with Gasteiger partial charge in [-0.1, -0.05) is 0 Å². The van der Waals surface area contributed by atoms with Crippen molar-refractivity contribution >= 4 is 23.6 Å². The normalized spacial score (nSPS) is 20.6. The maximum absolute atomic E-state index is 11.7. The molecule has 14 heavy (non-hydrogen) atoms. The summed E-state index contributed by atoms with van der Waals surface area (Å²) in [5, 5.41) is 0. The third-order valence-electron chi connectivity index (χ3n) is 2.25. The van der Waals surface area contributed by atoms with Crippen LogP contribution in [0, 0.1) is 5.92 Å². The summed E-state index contributed by atoms with van der Waals surface area (Å²) >= 11 is 1.79. The number of thioether (sulfide) groups is 1. The van der Waals surface area contributed by atoms with Crippen LogP contribution in [0.4, 0.5) is 0 Å². The number of carbonyl (C=O) groups excluding carboxylic acids is 2. The van der Waals surface area contributed by atoms with Crippen LogP contribution in [0.2, 0.25) is 0 Å². The first-order chi connectivity index (χ1) is 6.65. The van der Waals surface area contributed by atoms with Gasteiger partial charge in [-0.15, -0.1) is 0 Å². The lowest BCUT2D eigenvalue weighted by Crippen LogP contribution is -2.37. The molecule has 1 saturated heterocycles. The monoisotopic (exact) mass is 217 g/mol. The van der Waals surface area contributed by atoms with E-state index in [0.29, 0.717) is 0 Å². The standard InChI is InChI=1S/C9H15NO3S/c1-10(5-8(11)13-2)9(12)7-3-4-14-6-7/h7H,3-6H2,1-2H3. The van der Waals surface area contributed by atoms with E-state index in [0.717, 1.165) is 17.9 Å². The second-order valence-corrected chi connectivity index (χ2v) is 4.48. The van der Waals surface area contributed by atoms with Gasteiger partial charge < -0.3 is 9.64 Å². The summed E-state index contributed by atoms with van der Waals surface area (Å²) < 4.78 is 4.50. The maximum Gasteiger partial charge on any atom is 0.325 e. The second-order valence-electron chi connectivity index (χ2n) is 3.33. The Morgan fingerprint density at radius 2 is 2.29 bits per heavy atom. The Labute approximate surface area is 88.0 Å². The molecular weight excluding hydrogens is 202 g/mol. The number of hydrogen-bond donors (Lipinski definition) is 0. The molecule has 0 saturated carbocycles. The summed E-state index contributed by atoms with van der Waals surface area (Å²) in [5.74, 6) is 1.70. The molecule has 1 atom stereocenters. The average molecular weight is 217 g/mol. The predicted molar refractivity (Wildman–Crippen MR) is 55.1 cm³/mol. The number of carbonyl (C=O) groups is 2. The molecule has 0 bridgehead atoms. The van der Waals surface area contributed by atoms with Crippen molar-refractivity contribution in [3.63, 3.8) is 0 Å². The summed E-state index contributed by atoms with van der Waals surface area (Å²) in [6, 6.07) is 0. The Hall–Kier alpha value is -0.710. The number of amides is 1. The summed E-state index contributed by atoms with van der Waals surface area (Å²) in [6.07, 6.45) is 0.926. The third-order valence-corrected chi connectivity index (χ3v) is 3.41. The Balaban J connectivity index is 2.39. The van der Waals surface area contributed by atoms with Crippen LogP contribution in [0.15, 0.2) is 0 Å². The number of nitrogens with zero attached hydrogens (tertiary/aromatic N) is 1. The van der Waals surface area contributed by atoms with Crippen LogP contribution in [0.3, 0.4) is 0 Å². The van der Waals surface area contributed by atoms with Crippen LogP contribution in [-0.4, -0.2) is 49.0 Å². The van der Waals surface area contributed by atoms with Gasteiger partial charge in [-0.2, -0.15) is 11.8 Å². The van der Waals surface area contributed by atoms with Gasteiger partial charge in [-0.3, -0.25) is 9.59 Å². The highest BCUT2D eigenvalue weighted by molar-refractivity contribution is 7.99. The number of rotatable bonds is 3. The summed E-state index contributed by atoms with van der Waals surface area (Å²) in [7, 11) is 2.97. The van der Waals surface area contributed by atoms with E-state index >= 15 is 0 Å². The Morgan fingerprint density at radius 3 is 2.79 bits per heavy atom. The van der Waals surface area contributed by atoms with Crippen molar-refractivity contribution in [2.75, 3.05) is 32.2 Å². The fourth-order valence-corrected chi connectivity index (χ4v) is 2.59. The van der Waals surface area contributed by atoms with Gasteiger partial charge in [-0.25, -0.2) is 0 Å². The molecule has 1 unspecified atom stereocenters. The maximum atomic E-state index is 11.7. The minimum atomic E-state index is -0.369. The lowest BCUT2D eigenvalue weighted by Gasteiger charge is -2.18. The molecule has 5 heteroatoms. The number of ether oxygens (including phenoxy) is 1. The Kier molecular flexibility index (Phi) is 4.25. The molecule has 1 aliphatic rings. The van der Waals surface area contributed by atoms with Crippen LogP contribution in [0.5, 0.6) is 0 Å². The van der Waals surface area contributed by atoms with Gasteiger partial charge in [0.25, 0.3) is 0 Å². The van der Waals surface area contributed by atoms with Gasteiger partial charge >= 0.3 is 5.97 Å². The van der Waals surface area contributed by atoms with Gasteiger partial charge in [0.2, 0.25) is 5.91 Å². The molecule has 1 aliphatic heterocycles. The van der Waals surface area contributed by atoms with Crippen LogP contribution >= 0.6 is 11.8 Å². The van der Waals surface area contributed by atoms with Crippen LogP contribution in [0.25, 0.3) is 0 Å². The highest BCUT2D eigenvalue weighted by Gasteiger charge is 2.26. The zero-order valence-corrected chi connectivity index (χ0v) is 9.30. The first kappa shape index (κ1) is 11.4. The van der Waals surface area contributed by atoms with E-state index in [1.807, 2.05) is 0 Å². The first-order valence-electron chi connectivity index (χ1n) is 4.54. The molecule has 0 aliphatic carbocycles. The molecule has 0 N–H and O–H groups in total. The van der Waals surface area contributed by atoms with Crippen LogP contribution in [0.1, 0.15) is 6.42 Å². The fourth-order valence-electron chi connectivity index (χ4n) is 1.38. The quantitative estimate of drug-likeness (QED) is 0.641. The molecule has 1 rings (SSSR count). The third kappa shape index (κ3) is 2.90. The fraction of sp³-hybridized carbons (Fsp3) is 0.778. The van der Waals surface area contributed by atoms with Gasteiger partial charge in [0, 0.05) is 18.7 Å². The second kappa shape index (κ2) is 5.24. The van der Waals surface area contributed by atoms with Gasteiger partial charge in [0.1, 0.15) is 6.54 Å². The van der Waals surface area contributed by atoms with Crippen molar-refractivity contribution in [3.05, 3.63) is 0 Å². The molecule has 0 aromatic carbocycles. The molecule has 1 amide bonds. The number of hydrogen-bond acceptors (Lipinski definition) is 4.